The molecule has 1 aromatic heterocycles. The Bertz CT molecular complexity index is 1240. The van der Waals surface area contributed by atoms with Gasteiger partial charge in [0.25, 0.3) is 6.43 Å². The molecule has 2 aliphatic heterocycles. The van der Waals surface area contributed by atoms with Crippen LogP contribution in [0.25, 0.3) is 0 Å². The molecular weight excluding hydrogens is 452 g/mol. The second-order valence-electron chi connectivity index (χ2n) is 10.2. The maximum absolute atomic E-state index is 14.2. The summed E-state index contributed by atoms with van der Waals surface area (Å²) in [6, 6.07) is 6.99. The van der Waals surface area contributed by atoms with Crippen LogP contribution >= 0.6 is 0 Å². The molecule has 5 rings (SSSR count). The first-order valence-corrected chi connectivity index (χ1v) is 11.8. The third-order valence-electron chi connectivity index (χ3n) is 7.67. The van der Waals surface area contributed by atoms with Gasteiger partial charge in [-0.1, -0.05) is 0 Å². The van der Waals surface area contributed by atoms with E-state index >= 15 is 0 Å². The van der Waals surface area contributed by atoms with Gasteiger partial charge in [0, 0.05) is 17.8 Å². The molecule has 1 saturated heterocycles. The molecule has 1 spiro atoms. The minimum Gasteiger partial charge on any atom is -0.399 e. The summed E-state index contributed by atoms with van der Waals surface area (Å²) in [4.78, 5) is 26.7. The van der Waals surface area contributed by atoms with Crippen LogP contribution in [0.1, 0.15) is 60.4 Å². The largest absolute Gasteiger partial charge is 0.399 e. The lowest BCUT2D eigenvalue weighted by molar-refractivity contribution is -0.148. The summed E-state index contributed by atoms with van der Waals surface area (Å²) in [5.74, 6) is 0.782. The lowest BCUT2D eigenvalue weighted by atomic mass is 9.76. The Labute approximate surface area is 203 Å². The van der Waals surface area contributed by atoms with Crippen LogP contribution in [0.4, 0.5) is 20.3 Å². The molecule has 0 bridgehead atoms. The first-order chi connectivity index (χ1) is 16.6. The molecule has 1 amide bonds. The van der Waals surface area contributed by atoms with Gasteiger partial charge in [-0.15, -0.1) is 0 Å². The highest BCUT2D eigenvalue weighted by Crippen LogP contribution is 2.53. The number of nitrogens with two attached hydrogens (primary N) is 1. The van der Waals surface area contributed by atoms with Gasteiger partial charge in [0.05, 0.1) is 29.9 Å². The minimum absolute atomic E-state index is 0.0413. The number of nitrogen functional groups attached to an aromatic ring is 1. The van der Waals surface area contributed by atoms with E-state index in [-0.39, 0.29) is 18.5 Å². The third-order valence-corrected chi connectivity index (χ3v) is 7.67. The molecule has 1 aliphatic carbocycles. The molecule has 2 fully saturated rings. The predicted molar refractivity (Wildman–Crippen MR) is 127 cm³/mol. The van der Waals surface area contributed by atoms with Gasteiger partial charge in [0.15, 0.2) is 0 Å². The van der Waals surface area contributed by atoms with Crippen molar-refractivity contribution in [3.8, 4) is 6.07 Å². The minimum atomic E-state index is -2.61. The number of alkyl halides is 2. The van der Waals surface area contributed by atoms with E-state index < -0.39 is 17.4 Å². The first kappa shape index (κ1) is 23.4. The molecular formula is C25H29F2N7O. The summed E-state index contributed by atoms with van der Waals surface area (Å²) in [6.07, 6.45) is -1.49. The number of amides is 1. The van der Waals surface area contributed by atoms with Crippen molar-refractivity contribution in [1.29, 1.82) is 5.26 Å². The van der Waals surface area contributed by atoms with Gasteiger partial charge in [0.2, 0.25) is 5.91 Å². The lowest BCUT2D eigenvalue weighted by Gasteiger charge is -2.44. The molecule has 3 N–H and O–H groups in total. The normalized spacial score (nSPS) is 23.9. The Morgan fingerprint density at radius 2 is 1.97 bits per heavy atom. The fourth-order valence-electron chi connectivity index (χ4n) is 5.59. The summed E-state index contributed by atoms with van der Waals surface area (Å²) in [5, 5.41) is 12.7. The van der Waals surface area contributed by atoms with Gasteiger partial charge in [-0.2, -0.15) is 5.26 Å². The molecule has 0 radical (unpaired) electrons. The van der Waals surface area contributed by atoms with Gasteiger partial charge in [-0.25, -0.2) is 18.7 Å². The highest BCUT2D eigenvalue weighted by Gasteiger charge is 2.63. The number of aryl methyl sites for hydroxylation is 1. The molecule has 1 saturated carbocycles. The number of carbonyl (C=O) groups is 1. The van der Waals surface area contributed by atoms with E-state index in [4.69, 9.17) is 10.7 Å². The van der Waals surface area contributed by atoms with Crippen LogP contribution < -0.4 is 11.1 Å². The highest BCUT2D eigenvalue weighted by molar-refractivity contribution is 5.92. The first-order valence-electron chi connectivity index (χ1n) is 11.8. The van der Waals surface area contributed by atoms with E-state index in [1.54, 1.807) is 25.1 Å². The second-order valence-corrected chi connectivity index (χ2v) is 10.2. The predicted octanol–water partition coefficient (Wildman–Crippen LogP) is 3.13. The van der Waals surface area contributed by atoms with E-state index in [1.165, 1.54) is 4.90 Å². The average Bonchev–Trinajstić information content (AvgIpc) is 3.53. The molecule has 35 heavy (non-hydrogen) atoms. The summed E-state index contributed by atoms with van der Waals surface area (Å²) < 4.78 is 28.4. The van der Waals surface area contributed by atoms with Crippen molar-refractivity contribution < 1.29 is 13.6 Å². The topological polar surface area (TPSA) is 111 Å². The molecule has 184 valence electrons. The number of likely N-dealkylation sites (tertiary alicyclic amines) is 1. The number of halogens is 2. The number of hydrogen-bond donors (Lipinski definition) is 2. The zero-order valence-corrected chi connectivity index (χ0v) is 20.1. The number of rotatable bonds is 5. The monoisotopic (exact) mass is 481 g/mol. The molecule has 3 heterocycles. The average molecular weight is 482 g/mol. The Hall–Kier alpha value is -3.32. The van der Waals surface area contributed by atoms with Gasteiger partial charge >= 0.3 is 0 Å². The Morgan fingerprint density at radius 3 is 2.57 bits per heavy atom. The quantitative estimate of drug-likeness (QED) is 0.631. The van der Waals surface area contributed by atoms with Gasteiger partial charge in [-0.3, -0.25) is 4.79 Å². The summed E-state index contributed by atoms with van der Waals surface area (Å²) >= 11 is 0. The molecule has 1 aromatic carbocycles. The molecule has 1 unspecified atom stereocenters. The number of hydrogen-bond acceptors (Lipinski definition) is 7. The van der Waals surface area contributed by atoms with E-state index in [2.05, 4.69) is 21.3 Å². The van der Waals surface area contributed by atoms with Crippen LogP contribution in [0.5, 0.6) is 0 Å². The van der Waals surface area contributed by atoms with Gasteiger partial charge in [0.1, 0.15) is 22.6 Å². The van der Waals surface area contributed by atoms with Crippen LogP contribution in [0, 0.1) is 18.3 Å². The number of fused-ring (bicyclic) bond motifs is 2. The number of nitriles is 1. The second kappa shape index (κ2) is 8.12. The number of carbonyl (C=O) groups excluding carboxylic acids is 1. The molecule has 8 nitrogen and oxygen atoms in total. The number of nitrogens with one attached hydrogen (secondary N) is 1. The zero-order chi connectivity index (χ0) is 25.1. The smallest absolute Gasteiger partial charge is 0.261 e. The van der Waals surface area contributed by atoms with Crippen LogP contribution in [0.3, 0.4) is 0 Å². The van der Waals surface area contributed by atoms with Gasteiger partial charge in [-0.05, 0) is 70.5 Å². The van der Waals surface area contributed by atoms with Crippen molar-refractivity contribution in [2.24, 2.45) is 0 Å². The Kier molecular flexibility index (Phi) is 5.44. The number of nitrogens with zero attached hydrogens (tertiary/aromatic N) is 5. The molecule has 10 heteroatoms. The van der Waals surface area contributed by atoms with Crippen molar-refractivity contribution in [2.75, 3.05) is 31.2 Å². The number of anilines is 2. The van der Waals surface area contributed by atoms with E-state index in [0.717, 1.165) is 5.56 Å². The zero-order valence-electron chi connectivity index (χ0n) is 20.1. The lowest BCUT2D eigenvalue weighted by Crippen LogP contribution is -2.58. The van der Waals surface area contributed by atoms with Crippen LogP contribution in [0.2, 0.25) is 0 Å². The van der Waals surface area contributed by atoms with Crippen LogP contribution in [-0.4, -0.2) is 57.8 Å². The Morgan fingerprint density at radius 1 is 1.23 bits per heavy atom. The molecule has 2 atom stereocenters. The fourth-order valence-corrected chi connectivity index (χ4v) is 5.59. The Balaban J connectivity index is 1.60. The summed E-state index contributed by atoms with van der Waals surface area (Å²) in [6.45, 7) is 4.85. The third kappa shape index (κ3) is 3.69. The number of aromatic nitrogens is 2. The van der Waals surface area contributed by atoms with E-state index in [0.29, 0.717) is 66.5 Å². The van der Waals surface area contributed by atoms with Crippen molar-refractivity contribution >= 4 is 17.4 Å². The maximum atomic E-state index is 14.2. The SMILES string of the molecule is Cc1nc(N[C@H](C)c2cc(N)cc(C#N)c2)c2c(n1)C1(CCN(C)C1)C(=O)N(C1(C(F)F)CC1)C2. The summed E-state index contributed by atoms with van der Waals surface area (Å²) in [5.41, 5.74) is 6.67. The standard InChI is InChI=1S/C25H29F2N7O/c1-14(17-8-16(11-28)9-18(29)10-17)30-21-19-12-34(25(4-5-25)22(26)27)23(35)24(6-7-33(3)13-24)20(19)31-15(2)32-21/h8-10,14,22H,4-7,12-13,29H2,1-3H3,(H,30,31,32)/t14-,24?/m1/s1. The van der Waals surface area contributed by atoms with Crippen LogP contribution in [-0.2, 0) is 16.8 Å². The number of benzene rings is 1. The fraction of sp³-hybridized carbons (Fsp3) is 0.520. The van der Waals surface area contributed by atoms with Crippen molar-refractivity contribution in [1.82, 2.24) is 19.8 Å². The van der Waals surface area contributed by atoms with E-state index in [1.807, 2.05) is 14.0 Å². The van der Waals surface area contributed by atoms with Crippen molar-refractivity contribution in [3.63, 3.8) is 0 Å². The maximum Gasteiger partial charge on any atom is 0.261 e. The van der Waals surface area contributed by atoms with Crippen molar-refractivity contribution in [2.45, 2.75) is 63.1 Å². The molecule has 2 aromatic rings. The van der Waals surface area contributed by atoms with Crippen molar-refractivity contribution in [3.05, 3.63) is 46.4 Å². The summed E-state index contributed by atoms with van der Waals surface area (Å²) in [7, 11) is 1.93. The van der Waals surface area contributed by atoms with Crippen LogP contribution in [0.15, 0.2) is 18.2 Å². The number of likely N-dealkylation sites (N-methyl/N-ethyl adjacent to an activating group) is 1. The molecule has 3 aliphatic rings. The highest BCUT2D eigenvalue weighted by atomic mass is 19.3. The van der Waals surface area contributed by atoms with E-state index in [9.17, 15) is 18.8 Å². The van der Waals surface area contributed by atoms with Gasteiger partial charge < -0.3 is 20.9 Å².